The van der Waals surface area contributed by atoms with Gasteiger partial charge in [-0.2, -0.15) is 0 Å². The van der Waals surface area contributed by atoms with E-state index in [1.54, 1.807) is 0 Å². The second kappa shape index (κ2) is 3.89. The summed E-state index contributed by atoms with van der Waals surface area (Å²) in [6, 6.07) is 11.3. The summed E-state index contributed by atoms with van der Waals surface area (Å²) in [6.45, 7) is 2.10. The quantitative estimate of drug-likeness (QED) is 0.623. The minimum atomic E-state index is 0.880. The Morgan fingerprint density at radius 2 is 2.21 bits per heavy atom. The molecule has 1 aliphatic rings. The Morgan fingerprint density at radius 1 is 1.36 bits per heavy atom. The number of allylic oxidation sites excluding steroid dienone is 4. The summed E-state index contributed by atoms with van der Waals surface area (Å²) in [7, 11) is 0. The van der Waals surface area contributed by atoms with Crippen molar-refractivity contribution in [1.82, 2.24) is 0 Å². The summed E-state index contributed by atoms with van der Waals surface area (Å²) < 4.78 is 0. The summed E-state index contributed by atoms with van der Waals surface area (Å²) in [5, 5.41) is 0. The molecule has 0 spiro atoms. The summed E-state index contributed by atoms with van der Waals surface area (Å²) in [4.78, 5) is 1.02. The molecule has 1 heteroatoms. The first kappa shape index (κ1) is 9.35. The summed E-state index contributed by atoms with van der Waals surface area (Å²) in [5.41, 5.74) is 3.66. The average molecular weight is 199 g/mol. The van der Waals surface area contributed by atoms with Crippen molar-refractivity contribution in [2.75, 3.05) is 0 Å². The topological polar surface area (TPSA) is 0 Å². The second-order valence-electron chi connectivity index (χ2n) is 3.39. The van der Waals surface area contributed by atoms with E-state index in [1.807, 2.05) is 18.2 Å². The molecule has 14 heavy (non-hydrogen) atoms. The maximum Gasteiger partial charge on any atom is 0.0193 e. The van der Waals surface area contributed by atoms with E-state index in [4.69, 9.17) is 12.2 Å². The molecule has 0 bridgehead atoms. The normalized spacial score (nSPS) is 16.2. The van der Waals surface area contributed by atoms with Gasteiger partial charge in [-0.15, -0.1) is 0 Å². The maximum absolute atomic E-state index is 5.15. The van der Waals surface area contributed by atoms with E-state index in [-0.39, 0.29) is 0 Å². The highest BCUT2D eigenvalue weighted by atomic mass is 32.1. The van der Waals surface area contributed by atoms with Crippen LogP contribution in [0.1, 0.15) is 18.9 Å². The highest BCUT2D eigenvalue weighted by Gasteiger charge is 2.08. The Balaban J connectivity index is 2.38. The van der Waals surface area contributed by atoms with Crippen LogP contribution in [0.25, 0.3) is 5.57 Å². The van der Waals surface area contributed by atoms with Gasteiger partial charge in [0.05, 0.1) is 0 Å². The van der Waals surface area contributed by atoms with Crippen molar-refractivity contribution < 1.29 is 0 Å². The van der Waals surface area contributed by atoms with Gasteiger partial charge in [0.15, 0.2) is 0 Å². The fraction of sp³-hybridized carbons (Fsp3) is 0.154. The first-order valence-corrected chi connectivity index (χ1v) is 5.07. The van der Waals surface area contributed by atoms with Gasteiger partial charge in [0, 0.05) is 11.3 Å². The summed E-state index contributed by atoms with van der Waals surface area (Å²) >= 11 is 5.15. The van der Waals surface area contributed by atoms with Crippen molar-refractivity contribution in [2.45, 2.75) is 13.3 Å². The smallest absolute Gasteiger partial charge is 0.0193 e. The van der Waals surface area contributed by atoms with Crippen molar-refractivity contribution in [1.29, 1.82) is 0 Å². The van der Waals surface area contributed by atoms with Crippen molar-refractivity contribution in [2.24, 2.45) is 0 Å². The Morgan fingerprint density at radius 3 is 2.86 bits per heavy atom. The van der Waals surface area contributed by atoms with Crippen LogP contribution in [0, 0.1) is 6.07 Å². The zero-order valence-electron chi connectivity index (χ0n) is 8.08. The third-order valence-corrected chi connectivity index (χ3v) is 2.59. The Kier molecular flexibility index (Phi) is 2.60. The lowest BCUT2D eigenvalue weighted by Gasteiger charge is -2.13. The first-order chi connectivity index (χ1) is 6.77. The molecule has 1 aromatic carbocycles. The van der Waals surface area contributed by atoms with E-state index in [9.17, 15) is 0 Å². The molecule has 0 saturated carbocycles. The Bertz CT molecular complexity index is 410. The van der Waals surface area contributed by atoms with Crippen LogP contribution in [-0.4, -0.2) is 4.86 Å². The summed E-state index contributed by atoms with van der Waals surface area (Å²) in [5.74, 6) is 0. The molecule has 1 aromatic rings. The number of hydrogen-bond acceptors (Lipinski definition) is 1. The molecule has 0 aromatic heterocycles. The number of benzene rings is 1. The molecular formula is C13H11S. The van der Waals surface area contributed by atoms with Crippen LogP contribution in [0.5, 0.6) is 0 Å². The third kappa shape index (κ3) is 1.83. The van der Waals surface area contributed by atoms with Crippen LogP contribution in [0.4, 0.5) is 0 Å². The standard InChI is InChI=1S/C13H11S/c1-10-9-12(14)7-8-13(10)11-5-3-2-4-6-11/h2-5,8-9H,7H2,1H3. The molecule has 1 radical (unpaired) electrons. The fourth-order valence-corrected chi connectivity index (χ4v) is 1.89. The van der Waals surface area contributed by atoms with Gasteiger partial charge in [0.25, 0.3) is 0 Å². The minimum absolute atomic E-state index is 0.880. The van der Waals surface area contributed by atoms with Crippen molar-refractivity contribution in [3.8, 4) is 0 Å². The van der Waals surface area contributed by atoms with Crippen molar-refractivity contribution >= 4 is 22.7 Å². The van der Waals surface area contributed by atoms with Gasteiger partial charge < -0.3 is 0 Å². The molecular weight excluding hydrogens is 188 g/mol. The molecule has 0 N–H and O–H groups in total. The maximum atomic E-state index is 5.15. The lowest BCUT2D eigenvalue weighted by atomic mass is 9.93. The van der Waals surface area contributed by atoms with Crippen LogP contribution in [-0.2, 0) is 0 Å². The fourth-order valence-electron chi connectivity index (χ4n) is 1.63. The Hall–Kier alpha value is -1.21. The lowest BCUT2D eigenvalue weighted by molar-refractivity contribution is 1.40. The molecule has 0 atom stereocenters. The number of hydrogen-bond donors (Lipinski definition) is 0. The predicted molar refractivity (Wildman–Crippen MR) is 64.2 cm³/mol. The molecule has 0 heterocycles. The molecule has 1 aliphatic carbocycles. The van der Waals surface area contributed by atoms with Crippen LogP contribution in [0.3, 0.4) is 0 Å². The van der Waals surface area contributed by atoms with Gasteiger partial charge >= 0.3 is 0 Å². The molecule has 0 aliphatic heterocycles. The monoisotopic (exact) mass is 199 g/mol. The van der Waals surface area contributed by atoms with Crippen molar-refractivity contribution in [3.05, 3.63) is 53.6 Å². The van der Waals surface area contributed by atoms with Gasteiger partial charge in [-0.3, -0.25) is 0 Å². The van der Waals surface area contributed by atoms with Gasteiger partial charge in [-0.25, -0.2) is 0 Å². The van der Waals surface area contributed by atoms with Gasteiger partial charge in [0.1, 0.15) is 0 Å². The van der Waals surface area contributed by atoms with Crippen molar-refractivity contribution in [3.63, 3.8) is 0 Å². The number of rotatable bonds is 1. The summed E-state index contributed by atoms with van der Waals surface area (Å²) in [6.07, 6.45) is 5.14. The Labute approximate surface area is 90.0 Å². The zero-order valence-corrected chi connectivity index (χ0v) is 8.90. The van der Waals surface area contributed by atoms with Crippen LogP contribution in [0.2, 0.25) is 0 Å². The first-order valence-electron chi connectivity index (χ1n) is 4.66. The lowest BCUT2D eigenvalue weighted by Crippen LogP contribution is -1.98. The molecule has 69 valence electrons. The minimum Gasteiger partial charge on any atom is -0.0846 e. The zero-order chi connectivity index (χ0) is 9.97. The molecule has 2 rings (SSSR count). The van der Waals surface area contributed by atoms with E-state index < -0.39 is 0 Å². The highest BCUT2D eigenvalue weighted by molar-refractivity contribution is 7.80. The second-order valence-corrected chi connectivity index (χ2v) is 3.92. The van der Waals surface area contributed by atoms with E-state index >= 15 is 0 Å². The van der Waals surface area contributed by atoms with E-state index in [2.05, 4.69) is 31.2 Å². The van der Waals surface area contributed by atoms with E-state index in [0.29, 0.717) is 0 Å². The van der Waals surface area contributed by atoms with Crippen LogP contribution in [0.15, 0.2) is 42.0 Å². The van der Waals surface area contributed by atoms with Crippen LogP contribution < -0.4 is 0 Å². The average Bonchev–Trinajstić information content (AvgIpc) is 2.19. The molecule has 0 fully saturated rings. The van der Waals surface area contributed by atoms with Gasteiger partial charge in [0.2, 0.25) is 0 Å². The largest absolute Gasteiger partial charge is 0.0846 e. The van der Waals surface area contributed by atoms with E-state index in [1.165, 1.54) is 11.1 Å². The molecule has 0 unspecified atom stereocenters. The predicted octanol–water partition coefficient (Wildman–Crippen LogP) is 3.59. The third-order valence-electron chi connectivity index (χ3n) is 2.31. The highest BCUT2D eigenvalue weighted by Crippen LogP contribution is 2.26. The molecule has 0 amide bonds. The van der Waals surface area contributed by atoms with Gasteiger partial charge in [-0.05, 0) is 35.8 Å². The van der Waals surface area contributed by atoms with Crippen LogP contribution >= 0.6 is 12.2 Å². The van der Waals surface area contributed by atoms with Gasteiger partial charge in [-0.1, -0.05) is 42.6 Å². The molecule has 0 nitrogen and oxygen atoms in total. The SMILES string of the molecule is CC1=CC(=S)CC=C1c1[c]cccc1. The number of thiocarbonyl (C=S) groups is 1. The van der Waals surface area contributed by atoms with E-state index in [0.717, 1.165) is 16.8 Å². The molecule has 0 saturated heterocycles.